The monoisotopic (exact) mass is 517 g/mol. The Morgan fingerprint density at radius 2 is 1.72 bits per heavy atom. The van der Waals surface area contributed by atoms with Gasteiger partial charge in [-0.05, 0) is 61.4 Å². The van der Waals surface area contributed by atoms with E-state index in [4.69, 9.17) is 11.6 Å². The van der Waals surface area contributed by atoms with Gasteiger partial charge in [0.15, 0.2) is 11.5 Å². The third-order valence-electron chi connectivity index (χ3n) is 5.52. The molecule has 3 heterocycles. The Labute approximate surface area is 207 Å². The summed E-state index contributed by atoms with van der Waals surface area (Å²) < 4.78 is 55.3. The summed E-state index contributed by atoms with van der Waals surface area (Å²) in [6, 6.07) is 8.18. The van der Waals surface area contributed by atoms with Crippen molar-refractivity contribution in [2.24, 2.45) is 0 Å². The second-order valence-electron chi connectivity index (χ2n) is 7.81. The zero-order valence-corrected chi connectivity index (χ0v) is 20.4. The average Bonchev–Trinajstić information content (AvgIpc) is 3.25. The van der Waals surface area contributed by atoms with Gasteiger partial charge in [0, 0.05) is 5.02 Å². The van der Waals surface area contributed by atoms with E-state index < -0.39 is 23.1 Å². The maximum atomic E-state index is 14.8. The first kappa shape index (κ1) is 25.3. The van der Waals surface area contributed by atoms with Crippen molar-refractivity contribution in [2.45, 2.75) is 33.9 Å². The lowest BCUT2D eigenvalue weighted by molar-refractivity contribution is -0.141. The average molecular weight is 518 g/mol. The Balaban J connectivity index is 0.00000148. The molecule has 3 aromatic heterocycles. The highest BCUT2D eigenvalue weighted by Gasteiger charge is 2.33. The molecule has 0 aliphatic rings. The Bertz CT molecular complexity index is 1670. The first-order valence-corrected chi connectivity index (χ1v) is 11.3. The van der Waals surface area contributed by atoms with Crippen LogP contribution < -0.4 is 5.43 Å². The number of nitrogens with zero attached hydrogens (tertiary/aromatic N) is 4. The minimum Gasteiger partial charge on any atom is -0.335 e. The molecule has 0 saturated heterocycles. The highest BCUT2D eigenvalue weighted by molar-refractivity contribution is 6.30. The second-order valence-corrected chi connectivity index (χ2v) is 8.25. The first-order chi connectivity index (χ1) is 17.0. The number of halogens is 5. The molecule has 36 heavy (non-hydrogen) atoms. The highest BCUT2D eigenvalue weighted by Crippen LogP contribution is 2.30. The molecule has 0 aliphatic carbocycles. The van der Waals surface area contributed by atoms with Gasteiger partial charge in [-0.2, -0.15) is 18.3 Å². The van der Waals surface area contributed by atoms with Crippen LogP contribution >= 0.6 is 11.6 Å². The van der Waals surface area contributed by atoms with Crippen LogP contribution in [0, 0.1) is 19.7 Å². The largest absolute Gasteiger partial charge is 0.433 e. The van der Waals surface area contributed by atoms with Crippen molar-refractivity contribution < 1.29 is 17.6 Å². The normalized spacial score (nSPS) is 11.6. The number of hydrogen-bond donors (Lipinski definition) is 1. The summed E-state index contributed by atoms with van der Waals surface area (Å²) in [5, 5.41) is 4.78. The Morgan fingerprint density at radius 3 is 2.39 bits per heavy atom. The van der Waals surface area contributed by atoms with Crippen molar-refractivity contribution in [2.75, 3.05) is 0 Å². The lowest BCUT2D eigenvalue weighted by Gasteiger charge is -2.14. The SMILES string of the molecule is CC.Cc1cc2c(=O)c(-c3nc4cc(C(F)(F)F)ncc4[nH]3)nn(-c3ccc(Cl)cc3F)c2cc1C. The van der Waals surface area contributed by atoms with Crippen molar-refractivity contribution in [3.63, 3.8) is 0 Å². The molecule has 0 bridgehead atoms. The van der Waals surface area contributed by atoms with Crippen LogP contribution in [0.1, 0.15) is 30.7 Å². The second kappa shape index (κ2) is 9.34. The van der Waals surface area contributed by atoms with Gasteiger partial charge in [-0.15, -0.1) is 0 Å². The van der Waals surface area contributed by atoms with Crippen LogP contribution in [0.4, 0.5) is 17.6 Å². The van der Waals surface area contributed by atoms with Gasteiger partial charge in [0.2, 0.25) is 5.43 Å². The van der Waals surface area contributed by atoms with Crippen molar-refractivity contribution in [1.29, 1.82) is 0 Å². The van der Waals surface area contributed by atoms with Crippen molar-refractivity contribution >= 4 is 33.5 Å². The lowest BCUT2D eigenvalue weighted by Crippen LogP contribution is -2.17. The van der Waals surface area contributed by atoms with Gasteiger partial charge < -0.3 is 4.98 Å². The van der Waals surface area contributed by atoms with E-state index >= 15 is 0 Å². The number of aryl methyl sites for hydroxylation is 2. The van der Waals surface area contributed by atoms with Crippen LogP contribution in [0.3, 0.4) is 0 Å². The fourth-order valence-corrected chi connectivity index (χ4v) is 3.81. The smallest absolute Gasteiger partial charge is 0.335 e. The molecule has 0 saturated carbocycles. The van der Waals surface area contributed by atoms with E-state index in [1.165, 1.54) is 16.8 Å². The van der Waals surface area contributed by atoms with Gasteiger partial charge in [0.05, 0.1) is 28.1 Å². The zero-order valence-electron chi connectivity index (χ0n) is 19.6. The summed E-state index contributed by atoms with van der Waals surface area (Å²) in [4.78, 5) is 23.7. The van der Waals surface area contributed by atoms with Crippen LogP contribution in [0.15, 0.2) is 47.4 Å². The molecule has 1 N–H and O–H groups in total. The van der Waals surface area contributed by atoms with Gasteiger partial charge in [0.25, 0.3) is 0 Å². The van der Waals surface area contributed by atoms with Gasteiger partial charge in [-0.1, -0.05) is 25.4 Å². The van der Waals surface area contributed by atoms with Gasteiger partial charge >= 0.3 is 6.18 Å². The predicted octanol–water partition coefficient (Wildman–Crippen LogP) is 6.78. The quantitative estimate of drug-likeness (QED) is 0.262. The summed E-state index contributed by atoms with van der Waals surface area (Å²) in [5.41, 5.74) is 0.424. The summed E-state index contributed by atoms with van der Waals surface area (Å²) in [6.45, 7) is 7.67. The van der Waals surface area contributed by atoms with E-state index in [1.807, 2.05) is 27.7 Å². The number of rotatable bonds is 2. The molecular formula is C25H20ClF4N5O. The van der Waals surface area contributed by atoms with Crippen LogP contribution in [-0.2, 0) is 6.18 Å². The molecule has 0 unspecified atom stereocenters. The Hall–Kier alpha value is -3.79. The van der Waals surface area contributed by atoms with Crippen LogP contribution in [0.2, 0.25) is 5.02 Å². The summed E-state index contributed by atoms with van der Waals surface area (Å²) in [7, 11) is 0. The van der Waals surface area contributed by atoms with Gasteiger partial charge in [0.1, 0.15) is 17.2 Å². The van der Waals surface area contributed by atoms with Crippen molar-refractivity contribution in [3.8, 4) is 17.2 Å². The summed E-state index contributed by atoms with van der Waals surface area (Å²) >= 11 is 5.89. The molecule has 5 aromatic rings. The number of benzene rings is 2. The number of pyridine rings is 1. The van der Waals surface area contributed by atoms with E-state index in [2.05, 4.69) is 20.1 Å². The third kappa shape index (κ3) is 4.44. The number of aromatic nitrogens is 5. The first-order valence-electron chi connectivity index (χ1n) is 11.0. The van der Waals surface area contributed by atoms with Crippen LogP contribution in [0.25, 0.3) is 39.1 Å². The van der Waals surface area contributed by atoms with Gasteiger partial charge in [-0.25, -0.2) is 19.0 Å². The van der Waals surface area contributed by atoms with Gasteiger partial charge in [-0.3, -0.25) is 4.79 Å². The molecule has 0 spiro atoms. The number of fused-ring (bicyclic) bond motifs is 2. The number of aromatic amines is 1. The van der Waals surface area contributed by atoms with Crippen molar-refractivity contribution in [3.05, 3.63) is 80.5 Å². The molecule has 0 amide bonds. The minimum atomic E-state index is -4.65. The molecule has 0 radical (unpaired) electrons. The molecule has 2 aromatic carbocycles. The van der Waals surface area contributed by atoms with Crippen LogP contribution in [0.5, 0.6) is 0 Å². The molecule has 0 aliphatic heterocycles. The fraction of sp³-hybridized carbons (Fsp3) is 0.200. The van der Waals surface area contributed by atoms with E-state index in [0.29, 0.717) is 5.52 Å². The number of H-pyrrole nitrogens is 1. The number of imidazole rings is 1. The molecule has 11 heteroatoms. The van der Waals surface area contributed by atoms with E-state index in [9.17, 15) is 22.4 Å². The standard InChI is InChI=1S/C23H14ClF4N5O.C2H6/c1-10-5-13-18(6-11(10)2)33(17-4-3-12(24)7-14(17)25)32-20(21(13)34)22-30-15-8-19(23(26,27)28)29-9-16(15)31-22;1-2/h3-9H,1-2H3,(H,30,31);1-2H3. The molecular weight excluding hydrogens is 498 g/mol. The molecule has 0 atom stereocenters. The van der Waals surface area contributed by atoms with E-state index in [0.717, 1.165) is 29.5 Å². The fourth-order valence-electron chi connectivity index (χ4n) is 3.65. The third-order valence-corrected chi connectivity index (χ3v) is 5.76. The predicted molar refractivity (Wildman–Crippen MR) is 131 cm³/mol. The van der Waals surface area contributed by atoms with E-state index in [1.54, 1.807) is 12.1 Å². The van der Waals surface area contributed by atoms with Crippen molar-refractivity contribution in [1.82, 2.24) is 24.7 Å². The lowest BCUT2D eigenvalue weighted by atomic mass is 10.1. The summed E-state index contributed by atoms with van der Waals surface area (Å²) in [5.74, 6) is -0.734. The Kier molecular flexibility index (Phi) is 6.57. The maximum Gasteiger partial charge on any atom is 0.433 e. The molecule has 5 rings (SSSR count). The number of alkyl halides is 3. The number of hydrogen-bond acceptors (Lipinski definition) is 4. The molecule has 0 fully saturated rings. The summed E-state index contributed by atoms with van der Waals surface area (Å²) in [6.07, 6.45) is -3.66. The molecule has 186 valence electrons. The van der Waals surface area contributed by atoms with Crippen LogP contribution in [-0.4, -0.2) is 24.7 Å². The topological polar surface area (TPSA) is 76.5 Å². The highest BCUT2D eigenvalue weighted by atomic mass is 35.5. The zero-order chi connectivity index (χ0) is 26.4. The maximum absolute atomic E-state index is 14.8. The Morgan fingerprint density at radius 1 is 1.03 bits per heavy atom. The van der Waals surface area contributed by atoms with E-state index in [-0.39, 0.29) is 38.6 Å². The molecule has 6 nitrogen and oxygen atoms in total. The minimum absolute atomic E-state index is 0.0380. The number of nitrogens with one attached hydrogen (secondary N) is 1.